The molecule has 3 rings (SSSR count). The number of carbonyl (C=O) groups is 1. The van der Waals surface area contributed by atoms with Gasteiger partial charge in [0.1, 0.15) is 5.82 Å². The van der Waals surface area contributed by atoms with E-state index in [1.165, 1.54) is 23.5 Å². The van der Waals surface area contributed by atoms with Crippen molar-refractivity contribution in [1.82, 2.24) is 4.31 Å². The highest BCUT2D eigenvalue weighted by Crippen LogP contribution is 2.34. The van der Waals surface area contributed by atoms with Crippen molar-refractivity contribution in [1.29, 1.82) is 0 Å². The molecule has 2 heterocycles. The van der Waals surface area contributed by atoms with Crippen LogP contribution < -0.4 is 0 Å². The molecule has 7 heteroatoms. The SMILES string of the molecule is Cc1cc(C(=O)N2CCCS2(=O)=O)sc1-c1ccc(F)cc1. The molecule has 1 aromatic carbocycles. The lowest BCUT2D eigenvalue weighted by molar-refractivity contribution is 0.0874. The van der Waals surface area contributed by atoms with Gasteiger partial charge in [0.2, 0.25) is 10.0 Å². The van der Waals surface area contributed by atoms with Crippen LogP contribution in [0.1, 0.15) is 21.7 Å². The second-order valence-electron chi connectivity index (χ2n) is 5.18. The van der Waals surface area contributed by atoms with Gasteiger partial charge in [-0.05, 0) is 42.7 Å². The summed E-state index contributed by atoms with van der Waals surface area (Å²) >= 11 is 1.24. The van der Waals surface area contributed by atoms with E-state index in [1.54, 1.807) is 18.2 Å². The lowest BCUT2D eigenvalue weighted by Gasteiger charge is -2.12. The summed E-state index contributed by atoms with van der Waals surface area (Å²) in [5.74, 6) is -0.773. The fourth-order valence-electron chi connectivity index (χ4n) is 2.47. The molecule has 0 atom stereocenters. The molecular weight excluding hydrogens is 325 g/mol. The van der Waals surface area contributed by atoms with Gasteiger partial charge in [-0.15, -0.1) is 11.3 Å². The smallest absolute Gasteiger partial charge is 0.267 e. The quantitative estimate of drug-likeness (QED) is 0.845. The molecule has 1 amide bonds. The van der Waals surface area contributed by atoms with Crippen LogP contribution in [0.3, 0.4) is 0 Å². The number of carbonyl (C=O) groups excluding carboxylic acids is 1. The number of thiophene rings is 1. The number of benzene rings is 1. The maximum atomic E-state index is 13.0. The largest absolute Gasteiger partial charge is 0.277 e. The predicted molar refractivity (Wildman–Crippen MR) is 83.9 cm³/mol. The van der Waals surface area contributed by atoms with E-state index in [1.807, 2.05) is 6.92 Å². The van der Waals surface area contributed by atoms with E-state index in [2.05, 4.69) is 0 Å². The zero-order chi connectivity index (χ0) is 15.9. The van der Waals surface area contributed by atoms with E-state index >= 15 is 0 Å². The zero-order valence-electron chi connectivity index (χ0n) is 11.9. The van der Waals surface area contributed by atoms with Crippen LogP contribution in [0.25, 0.3) is 10.4 Å². The zero-order valence-corrected chi connectivity index (χ0v) is 13.5. The van der Waals surface area contributed by atoms with Gasteiger partial charge in [0.05, 0.1) is 10.6 Å². The number of aryl methyl sites for hydroxylation is 1. The van der Waals surface area contributed by atoms with Gasteiger partial charge in [-0.1, -0.05) is 12.1 Å². The number of rotatable bonds is 2. The molecule has 1 aromatic heterocycles. The summed E-state index contributed by atoms with van der Waals surface area (Å²) < 4.78 is 37.6. The van der Waals surface area contributed by atoms with Gasteiger partial charge in [-0.2, -0.15) is 0 Å². The summed E-state index contributed by atoms with van der Waals surface area (Å²) in [6, 6.07) is 7.71. The van der Waals surface area contributed by atoms with E-state index in [-0.39, 0.29) is 18.1 Å². The molecule has 1 aliphatic rings. The maximum Gasteiger partial charge on any atom is 0.277 e. The van der Waals surface area contributed by atoms with E-state index in [0.29, 0.717) is 11.3 Å². The van der Waals surface area contributed by atoms with Crippen molar-refractivity contribution in [3.63, 3.8) is 0 Å². The molecule has 0 radical (unpaired) electrons. The first-order valence-corrected chi connectivity index (χ1v) is 9.22. The Morgan fingerprint density at radius 1 is 1.27 bits per heavy atom. The molecule has 1 fully saturated rings. The fraction of sp³-hybridized carbons (Fsp3) is 0.267. The second-order valence-corrected chi connectivity index (χ2v) is 8.24. The van der Waals surface area contributed by atoms with Crippen molar-refractivity contribution >= 4 is 27.3 Å². The molecule has 116 valence electrons. The Labute approximate surface area is 132 Å². The Balaban J connectivity index is 1.95. The highest BCUT2D eigenvalue weighted by Gasteiger charge is 2.34. The number of amides is 1. The van der Waals surface area contributed by atoms with E-state index in [9.17, 15) is 17.6 Å². The van der Waals surface area contributed by atoms with Crippen molar-refractivity contribution in [2.24, 2.45) is 0 Å². The average molecular weight is 339 g/mol. The van der Waals surface area contributed by atoms with Crippen molar-refractivity contribution in [3.05, 3.63) is 46.6 Å². The normalized spacial score (nSPS) is 16.9. The van der Waals surface area contributed by atoms with Crippen LogP contribution in [0.4, 0.5) is 4.39 Å². The molecule has 0 saturated carbocycles. The van der Waals surface area contributed by atoms with Crippen molar-refractivity contribution in [2.45, 2.75) is 13.3 Å². The first-order valence-electron chi connectivity index (χ1n) is 6.79. The second kappa shape index (κ2) is 5.48. The molecular formula is C15H14FNO3S2. The highest BCUT2D eigenvalue weighted by atomic mass is 32.2. The minimum absolute atomic E-state index is 0.0217. The third-order valence-electron chi connectivity index (χ3n) is 3.56. The molecule has 0 bridgehead atoms. The summed E-state index contributed by atoms with van der Waals surface area (Å²) in [5, 5.41) is 0. The minimum Gasteiger partial charge on any atom is -0.267 e. The van der Waals surface area contributed by atoms with Crippen LogP contribution in [0, 0.1) is 12.7 Å². The molecule has 4 nitrogen and oxygen atoms in total. The first-order chi connectivity index (χ1) is 10.4. The Morgan fingerprint density at radius 2 is 1.95 bits per heavy atom. The predicted octanol–water partition coefficient (Wildman–Crippen LogP) is 3.04. The minimum atomic E-state index is -3.47. The van der Waals surface area contributed by atoms with Crippen LogP contribution in [-0.4, -0.2) is 30.9 Å². The van der Waals surface area contributed by atoms with Crippen LogP contribution in [0.5, 0.6) is 0 Å². The number of nitrogens with zero attached hydrogens (tertiary/aromatic N) is 1. The summed E-state index contributed by atoms with van der Waals surface area (Å²) in [6.07, 6.45) is 0.475. The van der Waals surface area contributed by atoms with Crippen molar-refractivity contribution in [3.8, 4) is 10.4 Å². The van der Waals surface area contributed by atoms with Gasteiger partial charge >= 0.3 is 0 Å². The topological polar surface area (TPSA) is 54.5 Å². The van der Waals surface area contributed by atoms with Gasteiger partial charge in [0.25, 0.3) is 5.91 Å². The number of halogens is 1. The molecule has 0 aliphatic carbocycles. The van der Waals surface area contributed by atoms with Crippen LogP contribution in [0.15, 0.2) is 30.3 Å². The van der Waals surface area contributed by atoms with Gasteiger partial charge < -0.3 is 0 Å². The molecule has 0 N–H and O–H groups in total. The molecule has 2 aromatic rings. The van der Waals surface area contributed by atoms with E-state index in [0.717, 1.165) is 20.3 Å². The number of hydrogen-bond donors (Lipinski definition) is 0. The molecule has 0 spiro atoms. The van der Waals surface area contributed by atoms with Crippen molar-refractivity contribution < 1.29 is 17.6 Å². The molecule has 22 heavy (non-hydrogen) atoms. The van der Waals surface area contributed by atoms with Crippen LogP contribution in [-0.2, 0) is 10.0 Å². The van der Waals surface area contributed by atoms with Crippen LogP contribution in [0.2, 0.25) is 0 Å². The summed E-state index contributed by atoms with van der Waals surface area (Å²) in [6.45, 7) is 2.09. The Hall–Kier alpha value is -1.73. The molecule has 1 aliphatic heterocycles. The summed E-state index contributed by atoms with van der Waals surface area (Å²) in [5.41, 5.74) is 1.68. The molecule has 0 unspecified atom stereocenters. The third kappa shape index (κ3) is 2.66. The maximum absolute atomic E-state index is 13.0. The highest BCUT2D eigenvalue weighted by molar-refractivity contribution is 7.89. The fourth-order valence-corrected chi connectivity index (χ4v) is 5.12. The van der Waals surface area contributed by atoms with Gasteiger partial charge in [-0.25, -0.2) is 17.1 Å². The first kappa shape index (κ1) is 15.2. The molecule has 1 saturated heterocycles. The lowest BCUT2D eigenvalue weighted by Crippen LogP contribution is -2.31. The van der Waals surface area contributed by atoms with Crippen molar-refractivity contribution in [2.75, 3.05) is 12.3 Å². The Morgan fingerprint density at radius 3 is 2.55 bits per heavy atom. The standard InChI is InChI=1S/C15H14FNO3S2/c1-10-9-13(15(18)17-7-2-8-22(17,19)20)21-14(10)11-3-5-12(16)6-4-11/h3-6,9H,2,7-8H2,1H3. The monoisotopic (exact) mass is 339 g/mol. The van der Waals surface area contributed by atoms with E-state index in [4.69, 9.17) is 0 Å². The third-order valence-corrected chi connectivity index (χ3v) is 6.66. The van der Waals surface area contributed by atoms with E-state index < -0.39 is 15.9 Å². The van der Waals surface area contributed by atoms with Gasteiger partial charge in [0.15, 0.2) is 0 Å². The number of hydrogen-bond acceptors (Lipinski definition) is 4. The number of sulfonamides is 1. The van der Waals surface area contributed by atoms with Gasteiger partial charge in [-0.3, -0.25) is 4.79 Å². The average Bonchev–Trinajstić information content (AvgIpc) is 3.02. The summed E-state index contributed by atoms with van der Waals surface area (Å²) in [7, 11) is -3.47. The Bertz CT molecular complexity index is 825. The van der Waals surface area contributed by atoms with Gasteiger partial charge in [0, 0.05) is 11.4 Å². The lowest BCUT2D eigenvalue weighted by atomic mass is 10.1. The summed E-state index contributed by atoms with van der Waals surface area (Å²) in [4.78, 5) is 13.6. The Kier molecular flexibility index (Phi) is 3.78. The van der Waals surface area contributed by atoms with Crippen LogP contribution >= 0.6 is 11.3 Å².